The molecule has 0 unspecified atom stereocenters. The summed E-state index contributed by atoms with van der Waals surface area (Å²) in [5.41, 5.74) is 0.753. The van der Waals surface area contributed by atoms with E-state index in [9.17, 15) is 26.7 Å². The number of piperidine rings is 1. The molecule has 2 atom stereocenters. The third-order valence-corrected chi connectivity index (χ3v) is 5.67. The first-order valence-corrected chi connectivity index (χ1v) is 10.3. The molecule has 1 aliphatic heterocycles. The minimum atomic E-state index is -4.41. The van der Waals surface area contributed by atoms with Crippen molar-refractivity contribution in [2.45, 2.75) is 50.4 Å². The van der Waals surface area contributed by atoms with E-state index < -0.39 is 24.3 Å². The molecule has 9 heteroatoms. The average molecular weight is 457 g/mol. The number of carbonyl (C=O) groups is 1. The summed E-state index contributed by atoms with van der Waals surface area (Å²) in [7, 11) is 0. The van der Waals surface area contributed by atoms with Gasteiger partial charge in [-0.3, -0.25) is 4.79 Å². The van der Waals surface area contributed by atoms with Crippen LogP contribution in [0.5, 0.6) is 5.75 Å². The van der Waals surface area contributed by atoms with E-state index >= 15 is 0 Å². The fourth-order valence-electron chi connectivity index (χ4n) is 3.82. The van der Waals surface area contributed by atoms with Gasteiger partial charge >= 0.3 is 12.3 Å². The number of halogens is 5. The van der Waals surface area contributed by atoms with E-state index in [2.05, 4.69) is 0 Å². The quantitative estimate of drug-likeness (QED) is 0.359. The number of nitrogens with zero attached hydrogens (tertiary/aromatic N) is 1. The lowest BCUT2D eigenvalue weighted by molar-refractivity contribution is -0.241. The molecular formula is C23H24F5NO3. The zero-order valence-electron chi connectivity index (χ0n) is 17.4. The predicted octanol–water partition coefficient (Wildman–Crippen LogP) is 6.01. The molecule has 1 fully saturated rings. The molecular weight excluding hydrogens is 433 g/mol. The summed E-state index contributed by atoms with van der Waals surface area (Å²) < 4.78 is 75.6. The molecule has 32 heavy (non-hydrogen) atoms. The van der Waals surface area contributed by atoms with Crippen LogP contribution in [0.4, 0.5) is 27.6 Å². The van der Waals surface area contributed by atoms with E-state index in [0.717, 1.165) is 17.7 Å². The van der Waals surface area contributed by atoms with Gasteiger partial charge < -0.3 is 14.4 Å². The Morgan fingerprint density at radius 3 is 2.22 bits per heavy atom. The summed E-state index contributed by atoms with van der Waals surface area (Å²) >= 11 is 0. The van der Waals surface area contributed by atoms with Crippen molar-refractivity contribution in [1.29, 1.82) is 0 Å². The van der Waals surface area contributed by atoms with Gasteiger partial charge in [-0.25, -0.2) is 0 Å². The number of anilines is 1. The van der Waals surface area contributed by atoms with Crippen LogP contribution in [-0.4, -0.2) is 31.8 Å². The Morgan fingerprint density at radius 1 is 1.00 bits per heavy atom. The molecule has 1 saturated heterocycles. The second-order valence-electron chi connectivity index (χ2n) is 7.71. The molecule has 3 rings (SSSR count). The first-order valence-electron chi connectivity index (χ1n) is 10.3. The molecule has 0 bridgehead atoms. The van der Waals surface area contributed by atoms with E-state index in [-0.39, 0.29) is 18.6 Å². The zero-order chi connectivity index (χ0) is 23.4. The Morgan fingerprint density at radius 2 is 1.66 bits per heavy atom. The summed E-state index contributed by atoms with van der Waals surface area (Å²) in [6, 6.07) is 11.3. The largest absolute Gasteiger partial charge is 0.429 e. The zero-order valence-corrected chi connectivity index (χ0v) is 17.4. The van der Waals surface area contributed by atoms with Crippen molar-refractivity contribution < 1.29 is 36.2 Å². The van der Waals surface area contributed by atoms with Crippen LogP contribution in [0.3, 0.4) is 0 Å². The normalized spacial score (nSPS) is 19.6. The first-order chi connectivity index (χ1) is 15.1. The van der Waals surface area contributed by atoms with Crippen molar-refractivity contribution in [1.82, 2.24) is 0 Å². The molecule has 1 aliphatic rings. The topological polar surface area (TPSA) is 38.8 Å². The highest BCUT2D eigenvalue weighted by Crippen LogP contribution is 2.36. The average Bonchev–Trinajstić information content (AvgIpc) is 2.78. The summed E-state index contributed by atoms with van der Waals surface area (Å²) in [6.07, 6.45) is -6.92. The summed E-state index contributed by atoms with van der Waals surface area (Å²) in [5, 5.41) is 0. The van der Waals surface area contributed by atoms with Gasteiger partial charge in [0.25, 0.3) is 6.47 Å². The second kappa shape index (κ2) is 9.85. The van der Waals surface area contributed by atoms with Gasteiger partial charge in [0.1, 0.15) is 5.75 Å². The van der Waals surface area contributed by atoms with Crippen LogP contribution in [0.2, 0.25) is 0 Å². The predicted molar refractivity (Wildman–Crippen MR) is 109 cm³/mol. The third-order valence-electron chi connectivity index (χ3n) is 5.67. The van der Waals surface area contributed by atoms with Gasteiger partial charge in [-0.2, -0.15) is 22.0 Å². The lowest BCUT2D eigenvalue weighted by atomic mass is 9.86. The minimum absolute atomic E-state index is 0.0777. The number of hydrogen-bond acceptors (Lipinski definition) is 4. The van der Waals surface area contributed by atoms with Crippen molar-refractivity contribution in [2.24, 2.45) is 0 Å². The Labute approximate surface area is 182 Å². The van der Waals surface area contributed by atoms with Crippen molar-refractivity contribution >= 4 is 12.2 Å². The van der Waals surface area contributed by atoms with Gasteiger partial charge in [-0.05, 0) is 54.8 Å². The minimum Gasteiger partial charge on any atom is -0.429 e. The molecule has 4 nitrogen and oxygen atoms in total. The molecule has 0 spiro atoms. The number of ether oxygens (including phenoxy) is 2. The molecule has 2 aromatic rings. The number of rotatable bonds is 8. The standard InChI is InChI=1S/C23H24F5NO3/c1-2-22(24,25)32-14-20-8-5-17(16-3-6-18(7-4-16)23(26,27)28)13-29(20)19-9-11-21(12-10-19)31-15-30/h3-4,6-7,9-12,15,17,20H,2,5,8,13-14H2,1H3/t17-,20-/m1/s1. The second-order valence-corrected chi connectivity index (χ2v) is 7.71. The van der Waals surface area contributed by atoms with E-state index in [0.29, 0.717) is 37.3 Å². The Kier molecular flexibility index (Phi) is 7.38. The van der Waals surface area contributed by atoms with Crippen LogP contribution in [0.25, 0.3) is 0 Å². The lowest BCUT2D eigenvalue weighted by Crippen LogP contribution is -2.46. The van der Waals surface area contributed by atoms with Crippen molar-refractivity contribution in [2.75, 3.05) is 18.1 Å². The third kappa shape index (κ3) is 5.97. The maximum absolute atomic E-state index is 13.7. The molecule has 0 radical (unpaired) electrons. The van der Waals surface area contributed by atoms with Gasteiger partial charge in [0.15, 0.2) is 0 Å². The highest BCUT2D eigenvalue weighted by molar-refractivity contribution is 5.53. The van der Waals surface area contributed by atoms with Gasteiger partial charge in [0.05, 0.1) is 18.2 Å². The SMILES string of the molecule is CCC(F)(F)OC[C@H]1CC[C@@H](c2ccc(C(F)(F)F)cc2)CN1c1ccc(OC=O)cc1. The monoisotopic (exact) mass is 457 g/mol. The molecule has 0 amide bonds. The van der Waals surface area contributed by atoms with Crippen molar-refractivity contribution in [3.63, 3.8) is 0 Å². The highest BCUT2D eigenvalue weighted by atomic mass is 19.4. The molecule has 0 aliphatic carbocycles. The van der Waals surface area contributed by atoms with E-state index in [1.807, 2.05) is 4.90 Å². The summed E-state index contributed by atoms with van der Waals surface area (Å²) in [5.74, 6) is 0.261. The van der Waals surface area contributed by atoms with Gasteiger partial charge in [-0.15, -0.1) is 0 Å². The van der Waals surface area contributed by atoms with Crippen LogP contribution < -0.4 is 9.64 Å². The molecule has 1 heterocycles. The highest BCUT2D eigenvalue weighted by Gasteiger charge is 2.35. The molecule has 0 N–H and O–H groups in total. The lowest BCUT2D eigenvalue weighted by Gasteiger charge is -2.42. The summed E-state index contributed by atoms with van der Waals surface area (Å²) in [6.45, 7) is 1.88. The number of hydrogen-bond donors (Lipinski definition) is 0. The maximum atomic E-state index is 13.7. The fourth-order valence-corrected chi connectivity index (χ4v) is 3.82. The van der Waals surface area contributed by atoms with Crippen molar-refractivity contribution in [3.8, 4) is 5.75 Å². The van der Waals surface area contributed by atoms with Crippen LogP contribution in [0.1, 0.15) is 43.2 Å². The fraction of sp³-hybridized carbons (Fsp3) is 0.435. The Bertz CT molecular complexity index is 884. The smallest absolute Gasteiger partial charge is 0.416 e. The van der Waals surface area contributed by atoms with Crippen LogP contribution in [0, 0.1) is 0 Å². The van der Waals surface area contributed by atoms with Gasteiger partial charge in [0, 0.05) is 24.6 Å². The van der Waals surface area contributed by atoms with E-state index in [4.69, 9.17) is 9.47 Å². The molecule has 0 aromatic heterocycles. The Balaban J connectivity index is 1.81. The van der Waals surface area contributed by atoms with Gasteiger partial charge in [0.2, 0.25) is 0 Å². The number of carbonyl (C=O) groups excluding carboxylic acids is 1. The maximum Gasteiger partial charge on any atom is 0.416 e. The molecule has 2 aromatic carbocycles. The van der Waals surface area contributed by atoms with Crippen molar-refractivity contribution in [3.05, 3.63) is 59.7 Å². The van der Waals surface area contributed by atoms with Crippen LogP contribution >= 0.6 is 0 Å². The molecule has 174 valence electrons. The number of benzene rings is 2. The van der Waals surface area contributed by atoms with E-state index in [1.165, 1.54) is 19.1 Å². The Hall–Kier alpha value is -2.68. The van der Waals surface area contributed by atoms with E-state index in [1.54, 1.807) is 24.3 Å². The van der Waals surface area contributed by atoms with Crippen LogP contribution in [0.15, 0.2) is 48.5 Å². The molecule has 0 saturated carbocycles. The summed E-state index contributed by atoms with van der Waals surface area (Å²) in [4.78, 5) is 12.4. The van der Waals surface area contributed by atoms with Crippen LogP contribution in [-0.2, 0) is 15.7 Å². The first kappa shape index (κ1) is 24.0. The number of alkyl halides is 5. The van der Waals surface area contributed by atoms with Gasteiger partial charge in [-0.1, -0.05) is 19.1 Å².